The fourth-order valence-electron chi connectivity index (χ4n) is 2.20. The number of likely N-dealkylation sites (tertiary alicyclic amines) is 1. The number of hydrogen-bond acceptors (Lipinski definition) is 1. The summed E-state index contributed by atoms with van der Waals surface area (Å²) in [4.78, 5) is 2.59. The Balaban J connectivity index is 2.58. The molecular formula is C11H23N. The van der Waals surface area contributed by atoms with Gasteiger partial charge in [-0.1, -0.05) is 27.7 Å². The molecule has 0 spiro atoms. The number of piperidine rings is 1. The molecule has 1 saturated heterocycles. The first-order valence-electron chi connectivity index (χ1n) is 5.34. The summed E-state index contributed by atoms with van der Waals surface area (Å²) >= 11 is 0. The molecular weight excluding hydrogens is 146 g/mol. The van der Waals surface area contributed by atoms with Crippen LogP contribution in [-0.2, 0) is 0 Å². The third kappa shape index (κ3) is 1.82. The second-order valence-electron chi connectivity index (χ2n) is 4.57. The standard InChI is InChI=1S/C11H23N/c1-5-11(4)9-12(6-2)8-7-10(11)3/h10H,5-9H2,1-4H3/t10-,11+/m0/s1. The van der Waals surface area contributed by atoms with E-state index in [9.17, 15) is 0 Å². The van der Waals surface area contributed by atoms with Crippen molar-refractivity contribution in [3.05, 3.63) is 0 Å². The van der Waals surface area contributed by atoms with E-state index < -0.39 is 0 Å². The summed E-state index contributed by atoms with van der Waals surface area (Å²) in [5, 5.41) is 0. The molecule has 0 radical (unpaired) electrons. The molecule has 1 aliphatic rings. The molecule has 12 heavy (non-hydrogen) atoms. The maximum Gasteiger partial charge on any atom is 0.00377 e. The van der Waals surface area contributed by atoms with Gasteiger partial charge in [0.05, 0.1) is 0 Å². The molecule has 0 N–H and O–H groups in total. The van der Waals surface area contributed by atoms with Crippen LogP contribution in [-0.4, -0.2) is 24.5 Å². The van der Waals surface area contributed by atoms with Crippen molar-refractivity contribution in [3.63, 3.8) is 0 Å². The van der Waals surface area contributed by atoms with Crippen LogP contribution in [0.4, 0.5) is 0 Å². The van der Waals surface area contributed by atoms with Crippen molar-refractivity contribution in [1.82, 2.24) is 4.90 Å². The summed E-state index contributed by atoms with van der Waals surface area (Å²) in [7, 11) is 0. The molecule has 0 saturated carbocycles. The summed E-state index contributed by atoms with van der Waals surface area (Å²) < 4.78 is 0. The molecule has 0 aliphatic carbocycles. The molecule has 2 atom stereocenters. The number of nitrogens with zero attached hydrogens (tertiary/aromatic N) is 1. The molecule has 0 amide bonds. The molecule has 72 valence electrons. The topological polar surface area (TPSA) is 3.24 Å². The summed E-state index contributed by atoms with van der Waals surface area (Å²) in [6.45, 7) is 13.3. The van der Waals surface area contributed by atoms with E-state index in [4.69, 9.17) is 0 Å². The SMILES string of the molecule is CCN1CC[C@H](C)[C@](C)(CC)C1. The van der Waals surface area contributed by atoms with Gasteiger partial charge in [0.1, 0.15) is 0 Å². The van der Waals surface area contributed by atoms with Gasteiger partial charge in [-0.3, -0.25) is 0 Å². The monoisotopic (exact) mass is 169 g/mol. The summed E-state index contributed by atoms with van der Waals surface area (Å²) in [6, 6.07) is 0. The quantitative estimate of drug-likeness (QED) is 0.614. The van der Waals surface area contributed by atoms with E-state index in [1.165, 1.54) is 32.5 Å². The average Bonchev–Trinajstić information content (AvgIpc) is 2.10. The average molecular weight is 169 g/mol. The van der Waals surface area contributed by atoms with Crippen molar-refractivity contribution in [2.45, 2.75) is 40.5 Å². The van der Waals surface area contributed by atoms with Crippen LogP contribution in [0, 0.1) is 11.3 Å². The fourth-order valence-corrected chi connectivity index (χ4v) is 2.20. The van der Waals surface area contributed by atoms with Crippen LogP contribution in [0.2, 0.25) is 0 Å². The Bertz CT molecular complexity index is 144. The lowest BCUT2D eigenvalue weighted by Crippen LogP contribution is -2.45. The lowest BCUT2D eigenvalue weighted by Gasteiger charge is -2.44. The van der Waals surface area contributed by atoms with Crippen LogP contribution < -0.4 is 0 Å². The van der Waals surface area contributed by atoms with Gasteiger partial charge in [0.15, 0.2) is 0 Å². The molecule has 1 fully saturated rings. The number of rotatable bonds is 2. The first-order chi connectivity index (χ1) is 5.62. The van der Waals surface area contributed by atoms with Gasteiger partial charge in [0.2, 0.25) is 0 Å². The van der Waals surface area contributed by atoms with Gasteiger partial charge in [0.25, 0.3) is 0 Å². The zero-order chi connectivity index (χ0) is 9.19. The Morgan fingerprint density at radius 2 is 2.08 bits per heavy atom. The highest BCUT2D eigenvalue weighted by Gasteiger charge is 2.34. The van der Waals surface area contributed by atoms with Gasteiger partial charge in [-0.05, 0) is 37.3 Å². The van der Waals surface area contributed by atoms with Gasteiger partial charge < -0.3 is 4.90 Å². The van der Waals surface area contributed by atoms with E-state index in [1.807, 2.05) is 0 Å². The Morgan fingerprint density at radius 1 is 1.42 bits per heavy atom. The minimum absolute atomic E-state index is 0.578. The summed E-state index contributed by atoms with van der Waals surface area (Å²) in [5.74, 6) is 0.908. The van der Waals surface area contributed by atoms with Crippen LogP contribution in [0.5, 0.6) is 0 Å². The predicted octanol–water partition coefficient (Wildman–Crippen LogP) is 2.76. The molecule has 1 heterocycles. The first-order valence-corrected chi connectivity index (χ1v) is 5.34. The molecule has 1 aliphatic heterocycles. The van der Waals surface area contributed by atoms with E-state index in [0.29, 0.717) is 5.41 Å². The van der Waals surface area contributed by atoms with Crippen molar-refractivity contribution < 1.29 is 0 Å². The largest absolute Gasteiger partial charge is 0.303 e. The highest BCUT2D eigenvalue weighted by atomic mass is 15.1. The Kier molecular flexibility index (Phi) is 3.16. The predicted molar refractivity (Wildman–Crippen MR) is 54.3 cm³/mol. The summed E-state index contributed by atoms with van der Waals surface area (Å²) in [6.07, 6.45) is 2.71. The molecule has 0 bridgehead atoms. The van der Waals surface area contributed by atoms with Crippen LogP contribution >= 0.6 is 0 Å². The Labute approximate surface area is 77.1 Å². The highest BCUT2D eigenvalue weighted by molar-refractivity contribution is 4.86. The zero-order valence-corrected chi connectivity index (χ0v) is 9.06. The van der Waals surface area contributed by atoms with Crippen molar-refractivity contribution in [3.8, 4) is 0 Å². The highest BCUT2D eigenvalue weighted by Crippen LogP contribution is 2.37. The molecule has 1 rings (SSSR count). The zero-order valence-electron chi connectivity index (χ0n) is 9.06. The van der Waals surface area contributed by atoms with E-state index in [0.717, 1.165) is 5.92 Å². The van der Waals surface area contributed by atoms with E-state index in [2.05, 4.69) is 32.6 Å². The van der Waals surface area contributed by atoms with Gasteiger partial charge in [-0.15, -0.1) is 0 Å². The molecule has 1 heteroatoms. The van der Waals surface area contributed by atoms with Gasteiger partial charge in [-0.2, -0.15) is 0 Å². The maximum atomic E-state index is 2.59. The van der Waals surface area contributed by atoms with Gasteiger partial charge in [0, 0.05) is 6.54 Å². The van der Waals surface area contributed by atoms with E-state index in [1.54, 1.807) is 0 Å². The molecule has 1 nitrogen and oxygen atoms in total. The van der Waals surface area contributed by atoms with Crippen LogP contribution in [0.3, 0.4) is 0 Å². The van der Waals surface area contributed by atoms with Crippen LogP contribution in [0.15, 0.2) is 0 Å². The third-order valence-corrected chi connectivity index (χ3v) is 3.91. The summed E-state index contributed by atoms with van der Waals surface area (Å²) in [5.41, 5.74) is 0.578. The van der Waals surface area contributed by atoms with Crippen molar-refractivity contribution in [2.24, 2.45) is 11.3 Å². The first kappa shape index (κ1) is 10.0. The number of hydrogen-bond donors (Lipinski definition) is 0. The van der Waals surface area contributed by atoms with E-state index in [-0.39, 0.29) is 0 Å². The Hall–Kier alpha value is -0.0400. The second kappa shape index (κ2) is 3.78. The lowest BCUT2D eigenvalue weighted by molar-refractivity contribution is 0.0500. The second-order valence-corrected chi connectivity index (χ2v) is 4.57. The van der Waals surface area contributed by atoms with Crippen molar-refractivity contribution in [1.29, 1.82) is 0 Å². The van der Waals surface area contributed by atoms with Gasteiger partial charge in [-0.25, -0.2) is 0 Å². The Morgan fingerprint density at radius 3 is 2.58 bits per heavy atom. The normalized spacial score (nSPS) is 38.5. The molecule has 0 aromatic rings. The molecule has 0 aromatic carbocycles. The third-order valence-electron chi connectivity index (χ3n) is 3.91. The van der Waals surface area contributed by atoms with E-state index >= 15 is 0 Å². The fraction of sp³-hybridized carbons (Fsp3) is 1.00. The van der Waals surface area contributed by atoms with Gasteiger partial charge >= 0.3 is 0 Å². The lowest BCUT2D eigenvalue weighted by atomic mass is 9.71. The minimum atomic E-state index is 0.578. The van der Waals surface area contributed by atoms with Crippen LogP contribution in [0.25, 0.3) is 0 Å². The smallest absolute Gasteiger partial charge is 0.00377 e. The van der Waals surface area contributed by atoms with Crippen molar-refractivity contribution >= 4 is 0 Å². The maximum absolute atomic E-state index is 2.59. The molecule has 0 unspecified atom stereocenters. The minimum Gasteiger partial charge on any atom is -0.303 e. The van der Waals surface area contributed by atoms with Crippen LogP contribution in [0.1, 0.15) is 40.5 Å². The molecule has 0 aromatic heterocycles. The van der Waals surface area contributed by atoms with Crippen molar-refractivity contribution in [2.75, 3.05) is 19.6 Å².